The fourth-order valence-corrected chi connectivity index (χ4v) is 4.45. The first-order valence-electron chi connectivity index (χ1n) is 14.1. The summed E-state index contributed by atoms with van der Waals surface area (Å²) in [6.45, 7) is 8.33. The molecule has 0 saturated carbocycles. The number of unbranched alkanes of at least 4 members (excludes halogenated alkanes) is 18. The maximum atomic E-state index is 5.38. The molecule has 0 unspecified atom stereocenters. The van der Waals surface area contributed by atoms with E-state index in [2.05, 4.69) is 22.5 Å². The summed E-state index contributed by atoms with van der Waals surface area (Å²) in [5, 5.41) is 7.58. The van der Waals surface area contributed by atoms with Gasteiger partial charge in [-0.2, -0.15) is 0 Å². The first kappa shape index (κ1) is 28.7. The fraction of sp³-hybridized carbons (Fsp3) is 0.963. The Kier molecular flexibility index (Phi) is 21.1. The molecular weight excluding hydrogens is 398 g/mol. The lowest BCUT2D eigenvalue weighted by atomic mass is 10.0. The van der Waals surface area contributed by atoms with Crippen LogP contribution in [0.4, 0.5) is 0 Å². The topological polar surface area (TPSA) is 27.1 Å². The fourth-order valence-electron chi connectivity index (χ4n) is 4.25. The molecule has 0 atom stereocenters. The average molecular weight is 454 g/mol. The summed E-state index contributed by atoms with van der Waals surface area (Å²) in [4.78, 5) is 2.51. The van der Waals surface area contributed by atoms with E-state index in [0.717, 1.165) is 18.2 Å². The zero-order valence-corrected chi connectivity index (χ0v) is 21.8. The van der Waals surface area contributed by atoms with Crippen molar-refractivity contribution in [3.8, 4) is 0 Å². The standard InChI is InChI=1S/C27H55N3S/c1-2-3-4-5-6-7-8-9-10-11-12-13-14-15-16-19-22-28-27(31)29-23-20-17-18-21-24-30-25-26-30/h2-26H2,1H3,(H2,28,29,31). The van der Waals surface area contributed by atoms with Gasteiger partial charge in [-0.15, -0.1) is 0 Å². The van der Waals surface area contributed by atoms with Crippen LogP contribution in [-0.4, -0.2) is 42.7 Å². The van der Waals surface area contributed by atoms with E-state index in [-0.39, 0.29) is 0 Å². The van der Waals surface area contributed by atoms with Crippen LogP contribution in [-0.2, 0) is 0 Å². The van der Waals surface area contributed by atoms with Crippen molar-refractivity contribution in [3.05, 3.63) is 0 Å². The highest BCUT2D eigenvalue weighted by Crippen LogP contribution is 2.13. The number of hydrogen-bond donors (Lipinski definition) is 2. The molecule has 1 fully saturated rings. The molecule has 3 nitrogen and oxygen atoms in total. The van der Waals surface area contributed by atoms with Gasteiger partial charge in [0.15, 0.2) is 5.11 Å². The van der Waals surface area contributed by atoms with Crippen molar-refractivity contribution in [2.24, 2.45) is 0 Å². The predicted octanol–water partition coefficient (Wildman–Crippen LogP) is 7.59. The first-order chi connectivity index (χ1) is 15.3. The summed E-state index contributed by atoms with van der Waals surface area (Å²) in [5.41, 5.74) is 0. The second kappa shape index (κ2) is 22.8. The van der Waals surface area contributed by atoms with Gasteiger partial charge in [-0.05, 0) is 38.0 Å². The lowest BCUT2D eigenvalue weighted by Gasteiger charge is -2.10. The summed E-state index contributed by atoms with van der Waals surface area (Å²) in [6, 6.07) is 0. The summed E-state index contributed by atoms with van der Waals surface area (Å²) in [6.07, 6.45) is 28.0. The second-order valence-electron chi connectivity index (χ2n) is 9.74. The lowest BCUT2D eigenvalue weighted by molar-refractivity contribution is 0.505. The zero-order chi connectivity index (χ0) is 22.2. The van der Waals surface area contributed by atoms with Crippen LogP contribution in [0.1, 0.15) is 135 Å². The van der Waals surface area contributed by atoms with Crippen LogP contribution < -0.4 is 10.6 Å². The van der Waals surface area contributed by atoms with Crippen molar-refractivity contribution in [2.45, 2.75) is 135 Å². The molecule has 0 amide bonds. The minimum Gasteiger partial charge on any atom is -0.363 e. The van der Waals surface area contributed by atoms with Crippen LogP contribution in [0.15, 0.2) is 0 Å². The maximum absolute atomic E-state index is 5.38. The third-order valence-electron chi connectivity index (χ3n) is 6.54. The first-order valence-corrected chi connectivity index (χ1v) is 14.5. The van der Waals surface area contributed by atoms with Gasteiger partial charge in [-0.3, -0.25) is 0 Å². The normalized spacial score (nSPS) is 13.5. The Bertz CT molecular complexity index is 385. The number of hydrogen-bond acceptors (Lipinski definition) is 2. The Hall–Kier alpha value is -0.350. The highest BCUT2D eigenvalue weighted by molar-refractivity contribution is 7.80. The van der Waals surface area contributed by atoms with Crippen molar-refractivity contribution in [1.82, 2.24) is 15.5 Å². The van der Waals surface area contributed by atoms with Gasteiger partial charge in [-0.25, -0.2) is 0 Å². The summed E-state index contributed by atoms with van der Waals surface area (Å²) < 4.78 is 0. The smallest absolute Gasteiger partial charge is 0.166 e. The van der Waals surface area contributed by atoms with E-state index in [1.165, 1.54) is 148 Å². The van der Waals surface area contributed by atoms with Crippen LogP contribution in [0.5, 0.6) is 0 Å². The molecule has 1 rings (SSSR count). The molecule has 1 heterocycles. The molecule has 0 bridgehead atoms. The van der Waals surface area contributed by atoms with E-state index in [0.29, 0.717) is 0 Å². The molecule has 1 aliphatic rings. The largest absolute Gasteiger partial charge is 0.363 e. The molecule has 0 aliphatic carbocycles. The average Bonchev–Trinajstić information content (AvgIpc) is 3.59. The van der Waals surface area contributed by atoms with Gasteiger partial charge in [0, 0.05) is 26.2 Å². The van der Waals surface area contributed by atoms with Gasteiger partial charge < -0.3 is 15.5 Å². The molecule has 0 aromatic rings. The van der Waals surface area contributed by atoms with E-state index < -0.39 is 0 Å². The van der Waals surface area contributed by atoms with Crippen LogP contribution in [0.3, 0.4) is 0 Å². The van der Waals surface area contributed by atoms with Crippen molar-refractivity contribution >= 4 is 17.3 Å². The van der Waals surface area contributed by atoms with Gasteiger partial charge in [0.05, 0.1) is 0 Å². The highest BCUT2D eigenvalue weighted by atomic mass is 32.1. The molecule has 0 aromatic carbocycles. The number of nitrogens with zero attached hydrogens (tertiary/aromatic N) is 1. The minimum atomic E-state index is 0.852. The van der Waals surface area contributed by atoms with E-state index in [9.17, 15) is 0 Å². The zero-order valence-electron chi connectivity index (χ0n) is 21.0. The van der Waals surface area contributed by atoms with Crippen LogP contribution in [0, 0.1) is 0 Å². The van der Waals surface area contributed by atoms with Crippen molar-refractivity contribution in [1.29, 1.82) is 0 Å². The van der Waals surface area contributed by atoms with Crippen molar-refractivity contribution in [2.75, 3.05) is 32.7 Å². The van der Waals surface area contributed by atoms with Crippen molar-refractivity contribution < 1.29 is 0 Å². The van der Waals surface area contributed by atoms with Gasteiger partial charge in [0.2, 0.25) is 0 Å². The van der Waals surface area contributed by atoms with Crippen LogP contribution in [0.25, 0.3) is 0 Å². The Morgan fingerprint density at radius 1 is 0.548 bits per heavy atom. The Morgan fingerprint density at radius 2 is 0.903 bits per heavy atom. The minimum absolute atomic E-state index is 0.852. The Labute approximate surface area is 200 Å². The van der Waals surface area contributed by atoms with E-state index in [1.807, 2.05) is 0 Å². The van der Waals surface area contributed by atoms with E-state index in [4.69, 9.17) is 12.2 Å². The monoisotopic (exact) mass is 453 g/mol. The molecule has 184 valence electrons. The maximum Gasteiger partial charge on any atom is 0.166 e. The number of rotatable bonds is 24. The SMILES string of the molecule is CCCCCCCCCCCCCCCCCCNC(=S)NCCCCCCN1CC1. The Balaban J connectivity index is 1.65. The highest BCUT2D eigenvalue weighted by Gasteiger charge is 2.14. The predicted molar refractivity (Wildman–Crippen MR) is 143 cm³/mol. The number of nitrogens with one attached hydrogen (secondary N) is 2. The van der Waals surface area contributed by atoms with Crippen LogP contribution >= 0.6 is 12.2 Å². The van der Waals surface area contributed by atoms with Gasteiger partial charge >= 0.3 is 0 Å². The molecule has 0 radical (unpaired) electrons. The third-order valence-corrected chi connectivity index (χ3v) is 6.83. The molecule has 1 saturated heterocycles. The quantitative estimate of drug-likeness (QED) is 0.0894. The molecular formula is C27H55N3S. The van der Waals surface area contributed by atoms with Gasteiger partial charge in [0.1, 0.15) is 0 Å². The number of thiocarbonyl (C=S) groups is 1. The molecule has 1 aliphatic heterocycles. The van der Waals surface area contributed by atoms with Gasteiger partial charge in [0.25, 0.3) is 0 Å². The van der Waals surface area contributed by atoms with E-state index in [1.54, 1.807) is 0 Å². The van der Waals surface area contributed by atoms with E-state index >= 15 is 0 Å². The van der Waals surface area contributed by atoms with Crippen LogP contribution in [0.2, 0.25) is 0 Å². The summed E-state index contributed by atoms with van der Waals surface area (Å²) >= 11 is 5.38. The molecule has 0 spiro atoms. The lowest BCUT2D eigenvalue weighted by Crippen LogP contribution is -2.36. The summed E-state index contributed by atoms with van der Waals surface area (Å²) in [5.74, 6) is 0. The second-order valence-corrected chi connectivity index (χ2v) is 10.2. The Morgan fingerprint density at radius 3 is 1.29 bits per heavy atom. The third kappa shape index (κ3) is 22.6. The van der Waals surface area contributed by atoms with Gasteiger partial charge in [-0.1, -0.05) is 116 Å². The molecule has 0 aromatic heterocycles. The molecule has 2 N–H and O–H groups in total. The molecule has 4 heteroatoms. The summed E-state index contributed by atoms with van der Waals surface area (Å²) in [7, 11) is 0. The molecule has 31 heavy (non-hydrogen) atoms. The van der Waals surface area contributed by atoms with Crippen molar-refractivity contribution in [3.63, 3.8) is 0 Å².